The number of benzene rings is 2. The van der Waals surface area contributed by atoms with Gasteiger partial charge in [0.15, 0.2) is 0 Å². The van der Waals surface area contributed by atoms with Crippen molar-refractivity contribution in [3.63, 3.8) is 0 Å². The van der Waals surface area contributed by atoms with Crippen molar-refractivity contribution in [2.24, 2.45) is 5.73 Å². The molecule has 0 fully saturated rings. The van der Waals surface area contributed by atoms with E-state index in [1.54, 1.807) is 18.2 Å². The molecule has 126 valence electrons. The lowest BCUT2D eigenvalue weighted by molar-refractivity contribution is 0.1000. The van der Waals surface area contributed by atoms with E-state index in [0.29, 0.717) is 28.5 Å². The summed E-state index contributed by atoms with van der Waals surface area (Å²) in [6.07, 6.45) is 0. The van der Waals surface area contributed by atoms with Crippen LogP contribution < -0.4 is 15.8 Å². The van der Waals surface area contributed by atoms with Crippen LogP contribution in [-0.2, 0) is 0 Å². The van der Waals surface area contributed by atoms with E-state index in [4.69, 9.17) is 22.7 Å². The summed E-state index contributed by atoms with van der Waals surface area (Å²) in [5.74, 6) is 0.198. The number of carbonyl (C=O) groups is 1. The van der Waals surface area contributed by atoms with Crippen LogP contribution in [0.25, 0.3) is 0 Å². The summed E-state index contributed by atoms with van der Waals surface area (Å²) in [4.78, 5) is 14.0. The second-order valence-corrected chi connectivity index (χ2v) is 5.92. The summed E-state index contributed by atoms with van der Waals surface area (Å²) in [5.41, 5.74) is 7.15. The second-order valence-electron chi connectivity index (χ2n) is 5.51. The number of para-hydroxylation sites is 2. The van der Waals surface area contributed by atoms with Crippen molar-refractivity contribution in [1.82, 2.24) is 4.90 Å². The number of nitrogens with zero attached hydrogens (tertiary/aromatic N) is 1. The van der Waals surface area contributed by atoms with Crippen molar-refractivity contribution in [3.8, 4) is 5.75 Å². The SMILES string of the molecule is CN(C)CCOc1ccccc1NC(=S)c1ccccc1C(N)=O. The molecule has 0 radical (unpaired) electrons. The number of nitrogens with two attached hydrogens (primary N) is 1. The smallest absolute Gasteiger partial charge is 0.249 e. The van der Waals surface area contributed by atoms with Crippen molar-refractivity contribution in [3.05, 3.63) is 59.7 Å². The summed E-state index contributed by atoms with van der Waals surface area (Å²) in [5, 5.41) is 3.15. The number of rotatable bonds is 7. The Labute approximate surface area is 147 Å². The highest BCUT2D eigenvalue weighted by molar-refractivity contribution is 7.81. The maximum absolute atomic E-state index is 11.6. The van der Waals surface area contributed by atoms with E-state index in [1.165, 1.54) is 0 Å². The number of hydrogen-bond acceptors (Lipinski definition) is 4. The molecule has 0 aromatic heterocycles. The monoisotopic (exact) mass is 343 g/mol. The van der Waals surface area contributed by atoms with Gasteiger partial charge in [-0.25, -0.2) is 0 Å². The molecule has 3 N–H and O–H groups in total. The number of carbonyl (C=O) groups excluding carboxylic acids is 1. The fraction of sp³-hybridized carbons (Fsp3) is 0.222. The van der Waals surface area contributed by atoms with Gasteiger partial charge >= 0.3 is 0 Å². The quantitative estimate of drug-likeness (QED) is 0.756. The molecule has 0 bridgehead atoms. The third-order valence-corrected chi connectivity index (χ3v) is 3.69. The molecule has 0 heterocycles. The van der Waals surface area contributed by atoms with Gasteiger partial charge in [-0.05, 0) is 32.3 Å². The topological polar surface area (TPSA) is 67.6 Å². The Morgan fingerprint density at radius 3 is 2.42 bits per heavy atom. The number of anilines is 1. The number of likely N-dealkylation sites (N-methyl/N-ethyl adjacent to an activating group) is 1. The largest absolute Gasteiger partial charge is 0.490 e. The Bertz CT molecular complexity index is 732. The van der Waals surface area contributed by atoms with Crippen molar-refractivity contribution < 1.29 is 9.53 Å². The molecule has 0 aliphatic rings. The van der Waals surface area contributed by atoms with Gasteiger partial charge in [-0.15, -0.1) is 0 Å². The first-order valence-corrected chi connectivity index (χ1v) is 7.96. The molecular weight excluding hydrogens is 322 g/mol. The van der Waals surface area contributed by atoms with E-state index in [1.807, 2.05) is 49.3 Å². The summed E-state index contributed by atoms with van der Waals surface area (Å²) in [7, 11) is 3.98. The molecule has 2 aromatic carbocycles. The summed E-state index contributed by atoms with van der Waals surface area (Å²) < 4.78 is 5.81. The number of nitrogens with one attached hydrogen (secondary N) is 1. The average Bonchev–Trinajstić information content (AvgIpc) is 2.56. The Balaban J connectivity index is 2.16. The van der Waals surface area contributed by atoms with Gasteiger partial charge in [-0.2, -0.15) is 0 Å². The van der Waals surface area contributed by atoms with Gasteiger partial charge in [0.1, 0.15) is 17.3 Å². The molecule has 0 unspecified atom stereocenters. The third-order valence-electron chi connectivity index (χ3n) is 3.37. The minimum absolute atomic E-state index is 0.390. The molecule has 2 aromatic rings. The number of primary amides is 1. The third kappa shape index (κ3) is 4.78. The highest BCUT2D eigenvalue weighted by Crippen LogP contribution is 2.25. The van der Waals surface area contributed by atoms with Gasteiger partial charge in [0.25, 0.3) is 0 Å². The minimum Gasteiger partial charge on any atom is -0.490 e. The number of amides is 1. The van der Waals surface area contributed by atoms with E-state index in [0.717, 1.165) is 12.2 Å². The van der Waals surface area contributed by atoms with Gasteiger partial charge in [-0.1, -0.05) is 42.5 Å². The molecule has 24 heavy (non-hydrogen) atoms. The Morgan fingerprint density at radius 1 is 1.12 bits per heavy atom. The predicted octanol–water partition coefficient (Wildman–Crippen LogP) is 2.51. The first-order valence-electron chi connectivity index (χ1n) is 7.56. The zero-order chi connectivity index (χ0) is 17.5. The zero-order valence-electron chi connectivity index (χ0n) is 13.8. The van der Waals surface area contributed by atoms with Crippen LogP contribution in [0.5, 0.6) is 5.75 Å². The van der Waals surface area contributed by atoms with Crippen LogP contribution in [-0.4, -0.2) is 43.0 Å². The molecule has 0 atom stereocenters. The van der Waals surface area contributed by atoms with Crippen molar-refractivity contribution in [1.29, 1.82) is 0 Å². The average molecular weight is 343 g/mol. The molecule has 2 rings (SSSR count). The van der Waals surface area contributed by atoms with Crippen LogP contribution in [0.2, 0.25) is 0 Å². The predicted molar refractivity (Wildman–Crippen MR) is 101 cm³/mol. The molecule has 0 aliphatic heterocycles. The van der Waals surface area contributed by atoms with Crippen LogP contribution in [0.4, 0.5) is 5.69 Å². The molecule has 0 aliphatic carbocycles. The Morgan fingerprint density at radius 2 is 1.75 bits per heavy atom. The van der Waals surface area contributed by atoms with Crippen LogP contribution >= 0.6 is 12.2 Å². The zero-order valence-corrected chi connectivity index (χ0v) is 14.6. The molecule has 0 spiro atoms. The maximum Gasteiger partial charge on any atom is 0.249 e. The van der Waals surface area contributed by atoms with Crippen LogP contribution in [0.15, 0.2) is 48.5 Å². The second kappa shape index (κ2) is 8.42. The highest BCUT2D eigenvalue weighted by Gasteiger charge is 2.13. The first-order chi connectivity index (χ1) is 11.5. The molecule has 6 heteroatoms. The van der Waals surface area contributed by atoms with Gasteiger partial charge < -0.3 is 20.7 Å². The van der Waals surface area contributed by atoms with E-state index < -0.39 is 5.91 Å². The normalized spacial score (nSPS) is 10.5. The number of ether oxygens (including phenoxy) is 1. The van der Waals surface area contributed by atoms with Gasteiger partial charge in [0, 0.05) is 17.7 Å². The van der Waals surface area contributed by atoms with Gasteiger partial charge in [0.2, 0.25) is 5.91 Å². The van der Waals surface area contributed by atoms with Crippen LogP contribution in [0, 0.1) is 0 Å². The fourth-order valence-corrected chi connectivity index (χ4v) is 2.41. The summed E-state index contributed by atoms with van der Waals surface area (Å²) >= 11 is 5.44. The summed E-state index contributed by atoms with van der Waals surface area (Å²) in [6.45, 7) is 1.37. The lowest BCUT2D eigenvalue weighted by Gasteiger charge is -2.16. The molecule has 0 saturated heterocycles. The standard InChI is InChI=1S/C18H21N3O2S/c1-21(2)11-12-23-16-10-6-5-9-15(16)20-18(24)14-8-4-3-7-13(14)17(19)22/h3-10H,11-12H2,1-2H3,(H2,19,22)(H,20,24). The molecule has 0 saturated carbocycles. The van der Waals surface area contributed by atoms with Crippen molar-refractivity contribution >= 4 is 28.8 Å². The molecular formula is C18H21N3O2S. The molecule has 5 nitrogen and oxygen atoms in total. The Kier molecular flexibility index (Phi) is 6.28. The van der Waals surface area contributed by atoms with Crippen LogP contribution in [0.3, 0.4) is 0 Å². The van der Waals surface area contributed by atoms with Crippen molar-refractivity contribution in [2.45, 2.75) is 0 Å². The van der Waals surface area contributed by atoms with E-state index in [-0.39, 0.29) is 0 Å². The van der Waals surface area contributed by atoms with Crippen molar-refractivity contribution in [2.75, 3.05) is 32.6 Å². The van der Waals surface area contributed by atoms with Gasteiger partial charge in [-0.3, -0.25) is 4.79 Å². The number of hydrogen-bond donors (Lipinski definition) is 2. The van der Waals surface area contributed by atoms with E-state index >= 15 is 0 Å². The maximum atomic E-state index is 11.6. The highest BCUT2D eigenvalue weighted by atomic mass is 32.1. The van der Waals surface area contributed by atoms with E-state index in [2.05, 4.69) is 5.32 Å². The van der Waals surface area contributed by atoms with Gasteiger partial charge in [0.05, 0.1) is 5.69 Å². The Hall–Kier alpha value is -2.44. The minimum atomic E-state index is -0.509. The lowest BCUT2D eigenvalue weighted by atomic mass is 10.1. The van der Waals surface area contributed by atoms with Crippen LogP contribution in [0.1, 0.15) is 15.9 Å². The lowest BCUT2D eigenvalue weighted by Crippen LogP contribution is -2.21. The van der Waals surface area contributed by atoms with E-state index in [9.17, 15) is 4.79 Å². The summed E-state index contributed by atoms with van der Waals surface area (Å²) in [6, 6.07) is 14.5. The number of thiocarbonyl (C=S) groups is 1. The fourth-order valence-electron chi connectivity index (χ4n) is 2.12. The molecule has 1 amide bonds. The first kappa shape index (κ1) is 17.9.